The number of carbonyl (C=O) groups excluding carboxylic acids is 1. The van der Waals surface area contributed by atoms with E-state index in [0.29, 0.717) is 18.8 Å². The van der Waals surface area contributed by atoms with E-state index in [1.165, 1.54) is 0 Å². The third-order valence-corrected chi connectivity index (χ3v) is 7.49. The Labute approximate surface area is 205 Å². The molecule has 2 aliphatic rings. The Morgan fingerprint density at radius 3 is 2.68 bits per heavy atom. The maximum Gasteiger partial charge on any atom is 0.240 e. The number of aryl methyl sites for hydroxylation is 1. The molecule has 0 bridgehead atoms. The van der Waals surface area contributed by atoms with Crippen LogP contribution in [-0.4, -0.2) is 58.0 Å². The van der Waals surface area contributed by atoms with E-state index in [1.54, 1.807) is 16.2 Å². The highest BCUT2D eigenvalue weighted by atomic mass is 32.1. The van der Waals surface area contributed by atoms with Crippen molar-refractivity contribution in [1.29, 1.82) is 0 Å². The minimum Gasteiger partial charge on any atom is -0.391 e. The van der Waals surface area contributed by atoms with Gasteiger partial charge in [0, 0.05) is 18.5 Å². The Morgan fingerprint density at radius 2 is 2.09 bits per heavy atom. The van der Waals surface area contributed by atoms with Gasteiger partial charge in [0.15, 0.2) is 0 Å². The molecular formula is C25H35N5O3S. The lowest BCUT2D eigenvalue weighted by molar-refractivity contribution is -0.136. The van der Waals surface area contributed by atoms with Crippen LogP contribution in [0.5, 0.6) is 0 Å². The van der Waals surface area contributed by atoms with Gasteiger partial charge in [0.1, 0.15) is 5.84 Å². The molecule has 3 N–H and O–H groups in total. The van der Waals surface area contributed by atoms with Crippen LogP contribution < -0.4 is 10.8 Å². The maximum absolute atomic E-state index is 13.5. The van der Waals surface area contributed by atoms with Crippen molar-refractivity contribution in [2.24, 2.45) is 10.4 Å². The Morgan fingerprint density at radius 1 is 1.38 bits per heavy atom. The molecule has 9 heteroatoms. The summed E-state index contributed by atoms with van der Waals surface area (Å²) in [6.45, 7) is 13.0. The van der Waals surface area contributed by atoms with Crippen LogP contribution in [0, 0.1) is 12.3 Å². The predicted octanol–water partition coefficient (Wildman–Crippen LogP) is 3.21. The summed E-state index contributed by atoms with van der Waals surface area (Å²) in [5.74, 6) is 0.539. The predicted molar refractivity (Wildman–Crippen MR) is 134 cm³/mol. The third kappa shape index (κ3) is 4.75. The molecule has 1 fully saturated rings. The normalized spacial score (nSPS) is 25.9. The molecule has 2 aromatic rings. The number of amidine groups is 1. The summed E-state index contributed by atoms with van der Waals surface area (Å²) in [6, 6.07) is 7.40. The van der Waals surface area contributed by atoms with Gasteiger partial charge in [-0.3, -0.25) is 4.79 Å². The van der Waals surface area contributed by atoms with Crippen LogP contribution in [0.2, 0.25) is 0 Å². The van der Waals surface area contributed by atoms with E-state index >= 15 is 0 Å². The molecule has 4 rings (SSSR count). The van der Waals surface area contributed by atoms with Crippen LogP contribution in [0.25, 0.3) is 10.4 Å². The summed E-state index contributed by atoms with van der Waals surface area (Å²) in [4.78, 5) is 31.6. The smallest absolute Gasteiger partial charge is 0.240 e. The Balaban J connectivity index is 1.57. The van der Waals surface area contributed by atoms with Crippen LogP contribution in [0.3, 0.4) is 0 Å². The van der Waals surface area contributed by atoms with Crippen LogP contribution in [0.15, 0.2) is 34.8 Å². The van der Waals surface area contributed by atoms with E-state index in [9.17, 15) is 9.90 Å². The Bertz CT molecular complexity index is 1060. The number of thiazole rings is 1. The van der Waals surface area contributed by atoms with E-state index in [-0.39, 0.29) is 30.0 Å². The van der Waals surface area contributed by atoms with Crippen molar-refractivity contribution >= 4 is 23.1 Å². The molecule has 2 aliphatic heterocycles. The van der Waals surface area contributed by atoms with Gasteiger partial charge in [-0.15, -0.1) is 11.3 Å². The first kappa shape index (κ1) is 24.8. The summed E-state index contributed by atoms with van der Waals surface area (Å²) in [6.07, 6.45) is -0.182. The highest BCUT2D eigenvalue weighted by Gasteiger charge is 2.46. The molecule has 1 aromatic carbocycles. The molecule has 4 atom stereocenters. The number of aromatic nitrogens is 1. The van der Waals surface area contributed by atoms with Crippen LogP contribution in [0.4, 0.5) is 0 Å². The molecule has 1 amide bonds. The average molecular weight is 486 g/mol. The fraction of sp³-hybridized carbons (Fsp3) is 0.560. The maximum atomic E-state index is 13.5. The molecule has 0 radical (unpaired) electrons. The summed E-state index contributed by atoms with van der Waals surface area (Å²) < 4.78 is 0. The first-order valence-corrected chi connectivity index (χ1v) is 12.7. The number of hydroxylamine groups is 1. The fourth-order valence-corrected chi connectivity index (χ4v) is 5.47. The Hall–Kier alpha value is -2.33. The SMILES string of the molecule is CCN[C@H](C(=O)N1C[C@H](O)C[C@H]1C1=NC(C)(c2ccc(-c3scnc3C)cc2)ON1)C(C)(C)C. The van der Waals surface area contributed by atoms with Gasteiger partial charge in [0.05, 0.1) is 34.3 Å². The molecule has 1 unspecified atom stereocenters. The number of rotatable bonds is 6. The molecule has 0 spiro atoms. The molecule has 1 aromatic heterocycles. The van der Waals surface area contributed by atoms with Crippen LogP contribution in [-0.2, 0) is 15.4 Å². The number of benzene rings is 1. The second-order valence-electron chi connectivity index (χ2n) is 10.3. The van der Waals surface area contributed by atoms with Gasteiger partial charge in [0.25, 0.3) is 0 Å². The van der Waals surface area contributed by atoms with Crippen molar-refractivity contribution in [3.8, 4) is 10.4 Å². The molecule has 8 nitrogen and oxygen atoms in total. The van der Waals surface area contributed by atoms with Crippen molar-refractivity contribution in [2.45, 2.75) is 71.9 Å². The number of β-amino-alcohol motifs (C(OH)–C–C–N with tert-alkyl or cyclic N) is 1. The zero-order valence-corrected chi connectivity index (χ0v) is 21.6. The van der Waals surface area contributed by atoms with Gasteiger partial charge in [-0.2, -0.15) is 0 Å². The van der Waals surface area contributed by atoms with Crippen molar-refractivity contribution < 1.29 is 14.7 Å². The number of likely N-dealkylation sites (tertiary alicyclic amines) is 1. The average Bonchev–Trinajstić information content (AvgIpc) is 3.49. The number of nitrogens with zero attached hydrogens (tertiary/aromatic N) is 3. The Kier molecular flexibility index (Phi) is 6.83. The van der Waals surface area contributed by atoms with Crippen LogP contribution in [0.1, 0.15) is 52.3 Å². The second-order valence-corrected chi connectivity index (χ2v) is 11.1. The molecule has 34 heavy (non-hydrogen) atoms. The lowest BCUT2D eigenvalue weighted by atomic mass is 9.85. The molecule has 0 saturated carbocycles. The summed E-state index contributed by atoms with van der Waals surface area (Å²) in [7, 11) is 0. The number of hydrogen-bond acceptors (Lipinski definition) is 8. The van der Waals surface area contributed by atoms with Gasteiger partial charge >= 0.3 is 0 Å². The van der Waals surface area contributed by atoms with E-state index in [2.05, 4.69) is 27.9 Å². The van der Waals surface area contributed by atoms with Crippen molar-refractivity contribution in [3.05, 3.63) is 41.0 Å². The zero-order valence-electron chi connectivity index (χ0n) is 20.8. The lowest BCUT2D eigenvalue weighted by Gasteiger charge is -2.35. The number of likely N-dealkylation sites (N-methyl/N-ethyl adjacent to an activating group) is 1. The lowest BCUT2D eigenvalue weighted by Crippen LogP contribution is -2.56. The van der Waals surface area contributed by atoms with Crippen molar-refractivity contribution in [1.82, 2.24) is 20.7 Å². The van der Waals surface area contributed by atoms with Gasteiger partial charge in [-0.25, -0.2) is 20.3 Å². The van der Waals surface area contributed by atoms with E-state index in [0.717, 1.165) is 21.7 Å². The third-order valence-electron chi connectivity index (χ3n) is 6.52. The molecule has 3 heterocycles. The van der Waals surface area contributed by atoms with Gasteiger partial charge < -0.3 is 15.3 Å². The van der Waals surface area contributed by atoms with E-state index in [4.69, 9.17) is 9.83 Å². The monoisotopic (exact) mass is 485 g/mol. The van der Waals surface area contributed by atoms with E-state index in [1.807, 2.05) is 59.2 Å². The highest BCUT2D eigenvalue weighted by Crippen LogP contribution is 2.35. The van der Waals surface area contributed by atoms with Gasteiger partial charge in [-0.05, 0) is 31.4 Å². The number of aliphatic hydroxyl groups is 1. The molecule has 0 aliphatic carbocycles. The number of hydrogen-bond donors (Lipinski definition) is 3. The van der Waals surface area contributed by atoms with Crippen molar-refractivity contribution in [2.75, 3.05) is 13.1 Å². The number of nitrogens with one attached hydrogen (secondary N) is 2. The summed E-state index contributed by atoms with van der Waals surface area (Å²) >= 11 is 1.62. The number of aliphatic hydroxyl groups excluding tert-OH is 1. The fourth-order valence-electron chi connectivity index (χ4n) is 4.65. The summed E-state index contributed by atoms with van der Waals surface area (Å²) in [5.41, 5.74) is 6.65. The first-order valence-electron chi connectivity index (χ1n) is 11.8. The van der Waals surface area contributed by atoms with E-state index < -0.39 is 11.8 Å². The minimum atomic E-state index is -0.927. The van der Waals surface area contributed by atoms with Crippen molar-refractivity contribution in [3.63, 3.8) is 0 Å². The minimum absolute atomic E-state index is 0.0294. The number of carbonyl (C=O) groups is 1. The summed E-state index contributed by atoms with van der Waals surface area (Å²) in [5, 5.41) is 13.8. The zero-order chi connectivity index (χ0) is 24.7. The molecule has 184 valence electrons. The molecular weight excluding hydrogens is 450 g/mol. The second kappa shape index (κ2) is 9.37. The first-order chi connectivity index (χ1) is 16.0. The highest BCUT2D eigenvalue weighted by molar-refractivity contribution is 7.13. The van der Waals surface area contributed by atoms with Crippen LogP contribution >= 0.6 is 11.3 Å². The van der Waals surface area contributed by atoms with Gasteiger partial charge in [0.2, 0.25) is 11.6 Å². The quantitative estimate of drug-likeness (QED) is 0.581. The standard InChI is InChI=1S/C25H35N5O3S/c1-7-26-21(24(3,4)5)23(32)30-13-18(31)12-19(30)22-28-25(6,33-29-22)17-10-8-16(9-11-17)20-15(2)27-14-34-20/h8-11,14,18-19,21,26,31H,7,12-13H2,1-6H3,(H,28,29)/t18-,19+,21-,25?/m1/s1. The van der Waals surface area contributed by atoms with Gasteiger partial charge in [-0.1, -0.05) is 52.0 Å². The largest absolute Gasteiger partial charge is 0.391 e. The number of aliphatic imine (C=N–C) groups is 1. The topological polar surface area (TPSA) is 99.1 Å². The molecule has 1 saturated heterocycles. The number of amides is 1.